The first-order chi connectivity index (χ1) is 15.1. The Hall–Kier alpha value is -3.43. The lowest BCUT2D eigenvalue weighted by Gasteiger charge is -2.25. The maximum absolute atomic E-state index is 14.7. The summed E-state index contributed by atoms with van der Waals surface area (Å²) in [6.07, 6.45) is 0.924. The Kier molecular flexibility index (Phi) is 5.39. The lowest BCUT2D eigenvalue weighted by atomic mass is 9.82. The van der Waals surface area contributed by atoms with Gasteiger partial charge in [-0.15, -0.1) is 0 Å². The summed E-state index contributed by atoms with van der Waals surface area (Å²) in [5.41, 5.74) is 5.72. The number of halogens is 2. The summed E-state index contributed by atoms with van der Waals surface area (Å²) in [5.74, 6) is -1.06. The van der Waals surface area contributed by atoms with Crippen molar-refractivity contribution in [3.8, 4) is 16.9 Å². The van der Waals surface area contributed by atoms with Crippen molar-refractivity contribution < 1.29 is 21.8 Å². The Labute approximate surface area is 188 Å². The lowest BCUT2D eigenvalue weighted by molar-refractivity contribution is -0.122. The third-order valence-corrected chi connectivity index (χ3v) is 5.63. The molecule has 4 rings (SSSR count). The van der Waals surface area contributed by atoms with Crippen molar-refractivity contribution in [2.24, 2.45) is 10.7 Å². The van der Waals surface area contributed by atoms with E-state index in [1.54, 1.807) is 24.3 Å². The molecule has 0 radical (unpaired) electrons. The standard InChI is InChI=1S/C22H17ClFN3O4S/c1-32(29,30)31-17-8-5-14(6-9-17)22(20(28)26-21(25)27-22)15-7-10-19(24)18(12-15)13-3-2-4-16(23)11-13/h2-12H,1H3,(H3,25,26,27,28). The minimum absolute atomic E-state index is 0.0699. The summed E-state index contributed by atoms with van der Waals surface area (Å²) in [4.78, 5) is 17.4. The predicted octanol–water partition coefficient (Wildman–Crippen LogP) is 3.17. The van der Waals surface area contributed by atoms with Crippen LogP contribution in [0.4, 0.5) is 4.39 Å². The molecule has 1 atom stereocenters. The van der Waals surface area contributed by atoms with E-state index < -0.39 is 27.4 Å². The van der Waals surface area contributed by atoms with Crippen LogP contribution in [-0.2, 0) is 20.5 Å². The Morgan fingerprint density at radius 1 is 1.06 bits per heavy atom. The van der Waals surface area contributed by atoms with Crippen molar-refractivity contribution in [1.29, 1.82) is 0 Å². The van der Waals surface area contributed by atoms with Crippen LogP contribution in [0.3, 0.4) is 0 Å². The third-order valence-electron chi connectivity index (χ3n) is 4.90. The van der Waals surface area contributed by atoms with Crippen LogP contribution in [-0.4, -0.2) is 26.5 Å². The number of rotatable bonds is 5. The Bertz CT molecular complexity index is 1360. The van der Waals surface area contributed by atoms with Crippen molar-refractivity contribution in [2.75, 3.05) is 6.26 Å². The number of hydrogen-bond donors (Lipinski definition) is 2. The fraction of sp³-hybridized carbons (Fsp3) is 0.0909. The van der Waals surface area contributed by atoms with E-state index in [2.05, 4.69) is 10.3 Å². The summed E-state index contributed by atoms with van der Waals surface area (Å²) in [5, 5.41) is 2.92. The van der Waals surface area contributed by atoms with Gasteiger partial charge in [0, 0.05) is 10.6 Å². The number of nitrogens with two attached hydrogens (primary N) is 1. The van der Waals surface area contributed by atoms with Gasteiger partial charge in [-0.25, -0.2) is 9.38 Å². The van der Waals surface area contributed by atoms with Crippen LogP contribution in [0.1, 0.15) is 11.1 Å². The molecule has 1 aliphatic heterocycles. The summed E-state index contributed by atoms with van der Waals surface area (Å²) < 4.78 is 42.3. The lowest BCUT2D eigenvalue weighted by Crippen LogP contribution is -2.39. The average molecular weight is 474 g/mol. The molecule has 32 heavy (non-hydrogen) atoms. The van der Waals surface area contributed by atoms with E-state index >= 15 is 0 Å². The van der Waals surface area contributed by atoms with Gasteiger partial charge in [0.1, 0.15) is 11.6 Å². The smallest absolute Gasteiger partial charge is 0.306 e. The van der Waals surface area contributed by atoms with E-state index in [4.69, 9.17) is 21.5 Å². The number of carbonyl (C=O) groups excluding carboxylic acids is 1. The Morgan fingerprint density at radius 2 is 1.75 bits per heavy atom. The van der Waals surface area contributed by atoms with E-state index in [9.17, 15) is 17.6 Å². The molecule has 0 saturated heterocycles. The van der Waals surface area contributed by atoms with Crippen molar-refractivity contribution in [3.63, 3.8) is 0 Å². The molecule has 7 nitrogen and oxygen atoms in total. The van der Waals surface area contributed by atoms with Crippen LogP contribution < -0.4 is 15.2 Å². The van der Waals surface area contributed by atoms with Crippen LogP contribution in [0.15, 0.2) is 71.7 Å². The molecule has 0 fully saturated rings. The van der Waals surface area contributed by atoms with Crippen LogP contribution in [0, 0.1) is 5.82 Å². The minimum atomic E-state index is -3.72. The number of nitrogens with zero attached hydrogens (tertiary/aromatic N) is 1. The molecule has 3 N–H and O–H groups in total. The Morgan fingerprint density at radius 3 is 2.34 bits per heavy atom. The molecular formula is C22H17ClFN3O4S. The van der Waals surface area contributed by atoms with Gasteiger partial charge in [0.15, 0.2) is 11.5 Å². The van der Waals surface area contributed by atoms with E-state index in [1.807, 2.05) is 0 Å². The molecule has 0 aliphatic carbocycles. The molecule has 0 saturated carbocycles. The zero-order chi connectivity index (χ0) is 23.1. The van der Waals surface area contributed by atoms with Crippen LogP contribution in [0.5, 0.6) is 5.75 Å². The molecule has 10 heteroatoms. The van der Waals surface area contributed by atoms with Crippen molar-refractivity contribution in [1.82, 2.24) is 5.32 Å². The van der Waals surface area contributed by atoms with Gasteiger partial charge in [-0.3, -0.25) is 10.1 Å². The van der Waals surface area contributed by atoms with Crippen molar-refractivity contribution >= 4 is 33.6 Å². The van der Waals surface area contributed by atoms with Gasteiger partial charge in [-0.05, 0) is 53.1 Å². The first-order valence-electron chi connectivity index (χ1n) is 9.31. The number of guanidine groups is 1. The van der Waals surface area contributed by atoms with Crippen LogP contribution in [0.2, 0.25) is 5.02 Å². The van der Waals surface area contributed by atoms with Crippen LogP contribution in [0.25, 0.3) is 11.1 Å². The molecule has 3 aromatic carbocycles. The second-order valence-electron chi connectivity index (χ2n) is 7.18. The summed E-state index contributed by atoms with van der Waals surface area (Å²) in [7, 11) is -3.72. The summed E-state index contributed by atoms with van der Waals surface area (Å²) in [6, 6.07) is 16.7. The normalized spacial score (nSPS) is 18.2. The van der Waals surface area contributed by atoms with Gasteiger partial charge < -0.3 is 9.92 Å². The monoisotopic (exact) mass is 473 g/mol. The van der Waals surface area contributed by atoms with Gasteiger partial charge in [-0.2, -0.15) is 8.42 Å². The quantitative estimate of drug-likeness (QED) is 0.553. The molecular weight excluding hydrogens is 457 g/mol. The second kappa shape index (κ2) is 7.92. The number of amides is 1. The van der Waals surface area contributed by atoms with Crippen molar-refractivity contribution in [2.45, 2.75) is 5.54 Å². The maximum atomic E-state index is 14.7. The number of nitrogens with one attached hydrogen (secondary N) is 1. The highest BCUT2D eigenvalue weighted by molar-refractivity contribution is 7.86. The molecule has 1 unspecified atom stereocenters. The highest BCUT2D eigenvalue weighted by Crippen LogP contribution is 2.39. The van der Waals surface area contributed by atoms with Crippen molar-refractivity contribution in [3.05, 3.63) is 88.7 Å². The largest absolute Gasteiger partial charge is 0.383 e. The van der Waals surface area contributed by atoms with Crippen LogP contribution >= 0.6 is 11.6 Å². The summed E-state index contributed by atoms with van der Waals surface area (Å²) >= 11 is 6.06. The topological polar surface area (TPSA) is 111 Å². The SMILES string of the molecule is CS(=O)(=O)Oc1ccc(C2(c3ccc(F)c(-c4cccc(Cl)c4)c3)N=C(N)NC2=O)cc1. The highest BCUT2D eigenvalue weighted by atomic mass is 35.5. The van der Waals surface area contributed by atoms with Gasteiger partial charge in [0.2, 0.25) is 0 Å². The molecule has 0 bridgehead atoms. The first kappa shape index (κ1) is 21.8. The minimum Gasteiger partial charge on any atom is -0.383 e. The molecule has 1 aliphatic rings. The van der Waals surface area contributed by atoms with E-state index in [0.717, 1.165) is 6.26 Å². The number of benzene rings is 3. The molecule has 0 spiro atoms. The molecule has 1 amide bonds. The molecule has 1 heterocycles. The maximum Gasteiger partial charge on any atom is 0.306 e. The molecule has 0 aromatic heterocycles. The average Bonchev–Trinajstić information content (AvgIpc) is 3.02. The van der Waals surface area contributed by atoms with Gasteiger partial charge in [0.05, 0.1) is 6.26 Å². The van der Waals surface area contributed by atoms with Gasteiger partial charge in [0.25, 0.3) is 5.91 Å². The number of carbonyl (C=O) groups is 1. The fourth-order valence-electron chi connectivity index (χ4n) is 3.58. The van der Waals surface area contributed by atoms with Gasteiger partial charge >= 0.3 is 10.1 Å². The predicted molar refractivity (Wildman–Crippen MR) is 119 cm³/mol. The fourth-order valence-corrected chi connectivity index (χ4v) is 4.23. The van der Waals surface area contributed by atoms with Gasteiger partial charge in [-0.1, -0.05) is 41.9 Å². The van der Waals surface area contributed by atoms with E-state index in [1.165, 1.54) is 42.5 Å². The number of hydrogen-bond acceptors (Lipinski definition) is 6. The third kappa shape index (κ3) is 4.04. The first-order valence-corrected chi connectivity index (χ1v) is 11.5. The zero-order valence-corrected chi connectivity index (χ0v) is 18.2. The zero-order valence-electron chi connectivity index (χ0n) is 16.7. The molecule has 164 valence electrons. The number of aliphatic imine (C=N–C) groups is 1. The van der Waals surface area contributed by atoms with E-state index in [-0.39, 0.29) is 17.3 Å². The molecule has 3 aromatic rings. The Balaban J connectivity index is 1.87. The highest BCUT2D eigenvalue weighted by Gasteiger charge is 2.47. The van der Waals surface area contributed by atoms with E-state index in [0.29, 0.717) is 21.7 Å². The second-order valence-corrected chi connectivity index (χ2v) is 9.19. The summed E-state index contributed by atoms with van der Waals surface area (Å²) in [6.45, 7) is 0.